The van der Waals surface area contributed by atoms with E-state index in [9.17, 15) is 5.26 Å². The fraction of sp³-hybridized carbons (Fsp3) is 0. The Balaban J connectivity index is 1.14. The minimum absolute atomic E-state index is 0.588. The second kappa shape index (κ2) is 10.9. The number of rotatable bonds is 4. The first kappa shape index (κ1) is 27.4. The summed E-state index contributed by atoms with van der Waals surface area (Å²) in [6, 6.07) is 56.7. The lowest BCUT2D eigenvalue weighted by molar-refractivity contribution is 1.18. The van der Waals surface area contributed by atoms with Gasteiger partial charge in [0.05, 0.1) is 46.0 Å². The van der Waals surface area contributed by atoms with E-state index in [2.05, 4.69) is 135 Å². The Morgan fingerprint density at radius 3 is 1.62 bits per heavy atom. The number of para-hydroxylation sites is 4. The molecule has 0 N–H and O–H groups in total. The monoisotopic (exact) mass is 610 g/mol. The Labute approximate surface area is 277 Å². The molecule has 0 saturated carbocycles. The second-order valence-electron chi connectivity index (χ2n) is 12.0. The van der Waals surface area contributed by atoms with Crippen LogP contribution in [-0.4, -0.2) is 9.13 Å². The summed E-state index contributed by atoms with van der Waals surface area (Å²) in [6.07, 6.45) is 0. The molecule has 9 aromatic rings. The van der Waals surface area contributed by atoms with Crippen LogP contribution >= 0.6 is 0 Å². The molecule has 0 unspecified atom stereocenters. The van der Waals surface area contributed by atoms with Crippen molar-refractivity contribution in [3.05, 3.63) is 175 Å². The van der Waals surface area contributed by atoms with Crippen molar-refractivity contribution < 1.29 is 0 Å². The third-order valence-electron chi connectivity index (χ3n) is 9.40. The van der Waals surface area contributed by atoms with Crippen molar-refractivity contribution in [1.29, 1.82) is 5.26 Å². The second-order valence-corrected chi connectivity index (χ2v) is 12.0. The van der Waals surface area contributed by atoms with Gasteiger partial charge in [0.2, 0.25) is 5.69 Å². The minimum atomic E-state index is 0.588. The fourth-order valence-corrected chi connectivity index (χ4v) is 7.22. The van der Waals surface area contributed by atoms with Crippen molar-refractivity contribution in [3.63, 3.8) is 0 Å². The third kappa shape index (κ3) is 4.14. The first-order valence-electron chi connectivity index (χ1n) is 15.9. The van der Waals surface area contributed by atoms with Crippen LogP contribution in [0.3, 0.4) is 0 Å². The summed E-state index contributed by atoms with van der Waals surface area (Å²) in [7, 11) is 0. The Bertz CT molecular complexity index is 2730. The lowest BCUT2D eigenvalue weighted by Crippen LogP contribution is -1.98. The normalized spacial score (nSPS) is 11.3. The highest BCUT2D eigenvalue weighted by atomic mass is 15.0. The molecule has 48 heavy (non-hydrogen) atoms. The number of aromatic nitrogens is 2. The largest absolute Gasteiger partial charge is 0.318 e. The fourth-order valence-electron chi connectivity index (χ4n) is 7.22. The van der Waals surface area contributed by atoms with Gasteiger partial charge in [-0.3, -0.25) is 0 Å². The summed E-state index contributed by atoms with van der Waals surface area (Å²) in [5.74, 6) is 0. The summed E-state index contributed by atoms with van der Waals surface area (Å²) in [5.41, 5.74) is 11.7. The highest BCUT2D eigenvalue weighted by molar-refractivity contribution is 6.14. The number of hydrogen-bond donors (Lipinski definition) is 0. The molecule has 0 bridgehead atoms. The quantitative estimate of drug-likeness (QED) is 0.183. The van der Waals surface area contributed by atoms with E-state index in [1.807, 2.05) is 42.5 Å². The maximum atomic E-state index is 9.86. The molecule has 7 aromatic carbocycles. The average molecular weight is 611 g/mol. The van der Waals surface area contributed by atoms with Gasteiger partial charge in [-0.1, -0.05) is 109 Å². The van der Waals surface area contributed by atoms with Crippen LogP contribution in [0, 0.1) is 17.9 Å². The van der Waals surface area contributed by atoms with Gasteiger partial charge in [-0.15, -0.1) is 0 Å². The van der Waals surface area contributed by atoms with Crippen LogP contribution < -0.4 is 0 Å². The summed E-state index contributed by atoms with van der Waals surface area (Å²) < 4.78 is 4.51. The van der Waals surface area contributed by atoms with Crippen molar-refractivity contribution in [2.75, 3.05) is 0 Å². The highest BCUT2D eigenvalue weighted by Crippen LogP contribution is 2.41. The van der Waals surface area contributed by atoms with Gasteiger partial charge in [-0.25, -0.2) is 4.85 Å². The van der Waals surface area contributed by atoms with Gasteiger partial charge in [0.15, 0.2) is 0 Å². The molecule has 2 heterocycles. The standard InChI is InChI=1S/C44H26N4/c1-46-39-13-8-12-37-36-11-4-7-16-42(36)48(44(37)39)43-26-17-29(28-45)27-38(43)32-20-18-30(19-21-32)31-22-24-33(25-23-31)47-40-14-5-2-9-34(40)35-10-3-6-15-41(35)47/h2-27H. The van der Waals surface area contributed by atoms with E-state index in [0.717, 1.165) is 55.4 Å². The number of nitriles is 1. The summed E-state index contributed by atoms with van der Waals surface area (Å²) >= 11 is 0. The van der Waals surface area contributed by atoms with Gasteiger partial charge in [-0.2, -0.15) is 5.26 Å². The first-order valence-corrected chi connectivity index (χ1v) is 15.9. The van der Waals surface area contributed by atoms with Crippen molar-refractivity contribution in [1.82, 2.24) is 9.13 Å². The van der Waals surface area contributed by atoms with E-state index in [1.165, 1.54) is 21.8 Å². The molecule has 0 fully saturated rings. The van der Waals surface area contributed by atoms with Crippen molar-refractivity contribution in [3.8, 4) is 39.7 Å². The van der Waals surface area contributed by atoms with E-state index in [1.54, 1.807) is 0 Å². The zero-order chi connectivity index (χ0) is 32.2. The maximum absolute atomic E-state index is 9.86. The van der Waals surface area contributed by atoms with Crippen LogP contribution in [0.4, 0.5) is 5.69 Å². The number of benzene rings is 7. The summed E-state index contributed by atoms with van der Waals surface area (Å²) in [4.78, 5) is 3.89. The molecule has 0 amide bonds. The number of nitrogens with zero attached hydrogens (tertiary/aromatic N) is 4. The minimum Gasteiger partial charge on any atom is -0.318 e. The number of hydrogen-bond acceptors (Lipinski definition) is 1. The van der Waals surface area contributed by atoms with Crippen molar-refractivity contribution in [2.24, 2.45) is 0 Å². The predicted molar refractivity (Wildman–Crippen MR) is 197 cm³/mol. The van der Waals surface area contributed by atoms with Gasteiger partial charge < -0.3 is 9.13 Å². The van der Waals surface area contributed by atoms with Gasteiger partial charge in [0.25, 0.3) is 0 Å². The summed E-state index contributed by atoms with van der Waals surface area (Å²) in [5, 5.41) is 14.5. The molecule has 222 valence electrons. The van der Waals surface area contributed by atoms with Crippen molar-refractivity contribution >= 4 is 49.3 Å². The highest BCUT2D eigenvalue weighted by Gasteiger charge is 2.19. The smallest absolute Gasteiger partial charge is 0.211 e. The first-order chi connectivity index (χ1) is 23.7. The topological polar surface area (TPSA) is 38.0 Å². The molecule has 9 rings (SSSR count). The Kier molecular flexibility index (Phi) is 6.22. The zero-order valence-corrected chi connectivity index (χ0v) is 25.8. The average Bonchev–Trinajstić information content (AvgIpc) is 3.68. The predicted octanol–water partition coefficient (Wildman–Crippen LogP) is 11.6. The Morgan fingerprint density at radius 1 is 0.500 bits per heavy atom. The molecule has 0 spiro atoms. The van der Waals surface area contributed by atoms with Crippen molar-refractivity contribution in [2.45, 2.75) is 0 Å². The van der Waals surface area contributed by atoms with Crippen LogP contribution in [-0.2, 0) is 0 Å². The molecule has 0 atom stereocenters. The van der Waals surface area contributed by atoms with Gasteiger partial charge >= 0.3 is 0 Å². The lowest BCUT2D eigenvalue weighted by atomic mass is 9.97. The third-order valence-corrected chi connectivity index (χ3v) is 9.40. The van der Waals surface area contributed by atoms with Crippen LogP contribution in [0.5, 0.6) is 0 Å². The van der Waals surface area contributed by atoms with E-state index in [0.29, 0.717) is 11.3 Å². The molecule has 0 aliphatic rings. The van der Waals surface area contributed by atoms with E-state index in [-0.39, 0.29) is 0 Å². The van der Waals surface area contributed by atoms with E-state index in [4.69, 9.17) is 6.57 Å². The van der Waals surface area contributed by atoms with Crippen LogP contribution in [0.2, 0.25) is 0 Å². The van der Waals surface area contributed by atoms with Crippen LogP contribution in [0.25, 0.3) is 82.1 Å². The van der Waals surface area contributed by atoms with E-state index < -0.39 is 0 Å². The molecule has 0 aliphatic carbocycles. The molecule has 0 aliphatic heterocycles. The van der Waals surface area contributed by atoms with Crippen LogP contribution in [0.15, 0.2) is 158 Å². The number of fused-ring (bicyclic) bond motifs is 6. The van der Waals surface area contributed by atoms with Gasteiger partial charge in [-0.05, 0) is 70.6 Å². The van der Waals surface area contributed by atoms with Crippen LogP contribution in [0.1, 0.15) is 5.56 Å². The van der Waals surface area contributed by atoms with Gasteiger partial charge in [0, 0.05) is 27.4 Å². The molecule has 4 nitrogen and oxygen atoms in total. The Morgan fingerprint density at radius 2 is 1.02 bits per heavy atom. The molecule has 4 heteroatoms. The molecule has 2 aromatic heterocycles. The summed E-state index contributed by atoms with van der Waals surface area (Å²) in [6.45, 7) is 7.94. The van der Waals surface area contributed by atoms with Gasteiger partial charge in [0.1, 0.15) is 0 Å². The Hall–Kier alpha value is -6.88. The van der Waals surface area contributed by atoms with E-state index >= 15 is 0 Å². The molecule has 0 saturated heterocycles. The molecular weight excluding hydrogens is 585 g/mol. The SMILES string of the molecule is [C-]#[N+]c1cccc2c3ccccc3n(-c3ccc(C#N)cc3-c3ccc(-c4ccc(-n5c6ccccc6c6ccccc65)cc4)cc3)c12. The maximum Gasteiger partial charge on any atom is 0.211 e. The molecular formula is C44H26N4. The zero-order valence-electron chi connectivity index (χ0n) is 25.8. The molecule has 0 radical (unpaired) electrons. The lowest BCUT2D eigenvalue weighted by Gasteiger charge is -2.16.